The van der Waals surface area contributed by atoms with Crippen LogP contribution in [0.15, 0.2) is 81.7 Å². The minimum absolute atomic E-state index is 0.428. The van der Waals surface area contributed by atoms with Gasteiger partial charge in [0.1, 0.15) is 12.4 Å². The largest absolute Gasteiger partial charge is 0.487 e. The van der Waals surface area contributed by atoms with Crippen molar-refractivity contribution in [3.63, 3.8) is 0 Å². The van der Waals surface area contributed by atoms with Gasteiger partial charge in [-0.15, -0.1) is 0 Å². The molecule has 0 fully saturated rings. The van der Waals surface area contributed by atoms with Crippen LogP contribution in [0.1, 0.15) is 16.7 Å². The highest BCUT2D eigenvalue weighted by atomic mass is 79.9. The maximum atomic E-state index is 9.67. The van der Waals surface area contributed by atoms with Crippen LogP contribution in [0.3, 0.4) is 0 Å². The van der Waals surface area contributed by atoms with Crippen LogP contribution in [0.5, 0.6) is 5.75 Å². The molecule has 0 bridgehead atoms. The van der Waals surface area contributed by atoms with Crippen LogP contribution in [0.2, 0.25) is 10.0 Å². The van der Waals surface area contributed by atoms with Crippen LogP contribution >= 0.6 is 55.1 Å². The molecule has 0 N–H and O–H groups in total. The summed E-state index contributed by atoms with van der Waals surface area (Å²) < 4.78 is 7.70. The molecule has 4 aromatic carbocycles. The minimum atomic E-state index is 0.428. The smallest absolute Gasteiger partial charge is 0.148 e. The van der Waals surface area contributed by atoms with E-state index in [-0.39, 0.29) is 0 Å². The average Bonchev–Trinajstić information content (AvgIpc) is 2.77. The number of nitriles is 1. The van der Waals surface area contributed by atoms with Crippen molar-refractivity contribution in [3.8, 4) is 11.8 Å². The lowest BCUT2D eigenvalue weighted by atomic mass is 10.0. The molecule has 6 heteroatoms. The van der Waals surface area contributed by atoms with Crippen LogP contribution in [0, 0.1) is 11.3 Å². The van der Waals surface area contributed by atoms with Crippen molar-refractivity contribution in [2.75, 3.05) is 0 Å². The van der Waals surface area contributed by atoms with Crippen molar-refractivity contribution in [1.82, 2.24) is 0 Å². The normalized spacial score (nSPS) is 11.4. The van der Waals surface area contributed by atoms with Crippen LogP contribution < -0.4 is 4.74 Å². The molecule has 0 unspecified atom stereocenters. The summed E-state index contributed by atoms with van der Waals surface area (Å²) in [6, 6.07) is 25.5. The minimum Gasteiger partial charge on any atom is -0.487 e. The van der Waals surface area contributed by atoms with E-state index >= 15 is 0 Å². The van der Waals surface area contributed by atoms with Gasteiger partial charge in [0, 0.05) is 10.6 Å². The first-order chi connectivity index (χ1) is 15.5. The molecule has 0 atom stereocenters. The number of rotatable bonds is 5. The first kappa shape index (κ1) is 22.9. The Morgan fingerprint density at radius 2 is 1.66 bits per heavy atom. The van der Waals surface area contributed by atoms with Gasteiger partial charge in [0.2, 0.25) is 0 Å². The van der Waals surface area contributed by atoms with Crippen molar-refractivity contribution < 1.29 is 4.74 Å². The van der Waals surface area contributed by atoms with Crippen molar-refractivity contribution in [3.05, 3.63) is 108 Å². The molecular weight excluding hydrogens is 573 g/mol. The molecule has 4 rings (SSSR count). The van der Waals surface area contributed by atoms with Crippen molar-refractivity contribution >= 4 is 77.5 Å². The van der Waals surface area contributed by atoms with E-state index in [4.69, 9.17) is 27.9 Å². The second-order valence-electron chi connectivity index (χ2n) is 7.03. The predicted octanol–water partition coefficient (Wildman–Crippen LogP) is 9.31. The molecule has 0 saturated carbocycles. The topological polar surface area (TPSA) is 33.0 Å². The summed E-state index contributed by atoms with van der Waals surface area (Å²) in [4.78, 5) is 0. The number of halogens is 4. The van der Waals surface area contributed by atoms with Crippen LogP contribution in [-0.2, 0) is 6.61 Å². The summed E-state index contributed by atoms with van der Waals surface area (Å²) in [6.07, 6.45) is 1.78. The summed E-state index contributed by atoms with van der Waals surface area (Å²) in [7, 11) is 0. The molecule has 158 valence electrons. The Morgan fingerprint density at radius 1 is 0.938 bits per heavy atom. The highest BCUT2D eigenvalue weighted by molar-refractivity contribution is 9.11. The van der Waals surface area contributed by atoms with Gasteiger partial charge in [0.15, 0.2) is 0 Å². The molecule has 0 saturated heterocycles. The number of allylic oxidation sites excluding steroid dienone is 1. The molecule has 32 heavy (non-hydrogen) atoms. The van der Waals surface area contributed by atoms with Gasteiger partial charge in [0.25, 0.3) is 0 Å². The van der Waals surface area contributed by atoms with Gasteiger partial charge in [-0.1, -0.05) is 71.7 Å². The Hall–Kier alpha value is -2.29. The second kappa shape index (κ2) is 10.1. The number of benzene rings is 4. The summed E-state index contributed by atoms with van der Waals surface area (Å²) in [5.41, 5.74) is 3.00. The monoisotopic (exact) mass is 585 g/mol. The third-order valence-electron chi connectivity index (χ3n) is 4.93. The van der Waals surface area contributed by atoms with Crippen LogP contribution in [0.25, 0.3) is 22.4 Å². The molecule has 0 aliphatic heterocycles. The maximum absolute atomic E-state index is 9.67. The molecule has 0 aromatic heterocycles. The van der Waals surface area contributed by atoms with E-state index in [0.717, 1.165) is 20.1 Å². The Kier molecular flexibility index (Phi) is 7.23. The molecule has 0 spiro atoms. The molecule has 0 aliphatic rings. The maximum Gasteiger partial charge on any atom is 0.148 e. The Bertz CT molecular complexity index is 1360. The third kappa shape index (κ3) is 5.03. The van der Waals surface area contributed by atoms with E-state index in [9.17, 15) is 5.26 Å². The fourth-order valence-corrected chi connectivity index (χ4v) is 5.37. The third-order valence-corrected chi connectivity index (χ3v) is 6.65. The van der Waals surface area contributed by atoms with E-state index < -0.39 is 0 Å². The van der Waals surface area contributed by atoms with Gasteiger partial charge in [-0.05, 0) is 84.1 Å². The molecule has 0 aliphatic carbocycles. The summed E-state index contributed by atoms with van der Waals surface area (Å²) >= 11 is 19.5. The summed E-state index contributed by atoms with van der Waals surface area (Å²) in [5, 5.41) is 13.0. The molecule has 0 heterocycles. The highest BCUT2D eigenvalue weighted by Gasteiger charge is 2.12. The van der Waals surface area contributed by atoms with E-state index in [2.05, 4.69) is 62.2 Å². The fourth-order valence-electron chi connectivity index (χ4n) is 3.41. The fraction of sp³-hybridized carbons (Fsp3) is 0.0385. The zero-order valence-corrected chi connectivity index (χ0v) is 21.3. The van der Waals surface area contributed by atoms with E-state index in [0.29, 0.717) is 33.5 Å². The predicted molar refractivity (Wildman–Crippen MR) is 140 cm³/mol. The van der Waals surface area contributed by atoms with E-state index in [1.807, 2.05) is 30.3 Å². The van der Waals surface area contributed by atoms with Gasteiger partial charge in [-0.2, -0.15) is 5.26 Å². The SMILES string of the molecule is N#C/C(=C\c1cc(Br)c(OCc2cccc3ccccc23)c(Br)c1)c1ccc(Cl)cc1Cl. The van der Waals surface area contributed by atoms with Crippen LogP contribution in [0.4, 0.5) is 0 Å². The standard InChI is InChI=1S/C26H15Br2Cl2NO/c27-23-11-16(10-19(14-31)22-9-8-20(29)13-25(22)30)12-24(28)26(23)32-15-18-6-3-5-17-4-1-2-7-21(17)18/h1-13H,15H2/b19-10+. The first-order valence-electron chi connectivity index (χ1n) is 9.62. The number of fused-ring (bicyclic) bond motifs is 1. The number of hydrogen-bond donors (Lipinski definition) is 0. The highest BCUT2D eigenvalue weighted by Crippen LogP contribution is 2.37. The summed E-state index contributed by atoms with van der Waals surface area (Å²) in [5.74, 6) is 0.693. The van der Waals surface area contributed by atoms with Gasteiger partial charge >= 0.3 is 0 Å². The van der Waals surface area contributed by atoms with Crippen molar-refractivity contribution in [2.45, 2.75) is 6.61 Å². The van der Waals surface area contributed by atoms with Crippen molar-refractivity contribution in [1.29, 1.82) is 5.26 Å². The molecule has 2 nitrogen and oxygen atoms in total. The van der Waals surface area contributed by atoms with Crippen LogP contribution in [-0.4, -0.2) is 0 Å². The van der Waals surface area contributed by atoms with E-state index in [1.165, 1.54) is 10.8 Å². The molecule has 4 aromatic rings. The van der Waals surface area contributed by atoms with E-state index in [1.54, 1.807) is 24.3 Å². The van der Waals surface area contributed by atoms with Gasteiger partial charge < -0.3 is 4.74 Å². The first-order valence-corrected chi connectivity index (χ1v) is 12.0. The Labute approximate surface area is 213 Å². The molecule has 0 amide bonds. The lowest BCUT2D eigenvalue weighted by Gasteiger charge is -2.13. The van der Waals surface area contributed by atoms with Gasteiger partial charge in [0.05, 0.1) is 25.6 Å². The lowest BCUT2D eigenvalue weighted by molar-refractivity contribution is 0.303. The van der Waals surface area contributed by atoms with Gasteiger partial charge in [-0.25, -0.2) is 0 Å². The molecule has 0 radical (unpaired) electrons. The number of ether oxygens (including phenoxy) is 1. The van der Waals surface area contributed by atoms with Gasteiger partial charge in [-0.3, -0.25) is 0 Å². The second-order valence-corrected chi connectivity index (χ2v) is 9.59. The lowest BCUT2D eigenvalue weighted by Crippen LogP contribution is -1.98. The molecular formula is C26H15Br2Cl2NO. The number of nitrogens with zero attached hydrogens (tertiary/aromatic N) is 1. The number of hydrogen-bond acceptors (Lipinski definition) is 2. The average molecular weight is 588 g/mol. The Morgan fingerprint density at radius 3 is 2.38 bits per heavy atom. The quantitative estimate of drug-likeness (QED) is 0.172. The zero-order chi connectivity index (χ0) is 22.7. The van der Waals surface area contributed by atoms with Crippen molar-refractivity contribution in [2.24, 2.45) is 0 Å². The Balaban J connectivity index is 1.62. The zero-order valence-electron chi connectivity index (χ0n) is 16.6. The summed E-state index contributed by atoms with van der Waals surface area (Å²) in [6.45, 7) is 0.428.